The summed E-state index contributed by atoms with van der Waals surface area (Å²) < 4.78 is 36.9. The van der Waals surface area contributed by atoms with Crippen LogP contribution >= 0.6 is 0 Å². The lowest BCUT2D eigenvalue weighted by Crippen LogP contribution is -2.20. The van der Waals surface area contributed by atoms with Gasteiger partial charge in [0.05, 0.1) is 5.56 Å². The lowest BCUT2D eigenvalue weighted by molar-refractivity contribution is -0.137. The number of alkyl halides is 3. The highest BCUT2D eigenvalue weighted by atomic mass is 19.4. The average molecular weight is 259 g/mol. The molecule has 0 saturated heterocycles. The molecule has 0 aromatic carbocycles. The summed E-state index contributed by atoms with van der Waals surface area (Å²) in [4.78, 5) is 3.74. The van der Waals surface area contributed by atoms with Crippen molar-refractivity contribution in [2.75, 3.05) is 18.4 Å². The Morgan fingerprint density at radius 3 is 2.56 bits per heavy atom. The molecule has 2 rings (SSSR count). The van der Waals surface area contributed by atoms with Gasteiger partial charge in [0.2, 0.25) is 0 Å². The first kappa shape index (κ1) is 13.1. The summed E-state index contributed by atoms with van der Waals surface area (Å²) in [5.41, 5.74) is -0.719. The molecule has 1 aromatic heterocycles. The third kappa shape index (κ3) is 4.18. The van der Waals surface area contributed by atoms with Gasteiger partial charge in [0, 0.05) is 18.8 Å². The Balaban J connectivity index is 1.69. The fourth-order valence-electron chi connectivity index (χ4n) is 1.56. The van der Waals surface area contributed by atoms with Gasteiger partial charge in [-0.1, -0.05) is 0 Å². The van der Waals surface area contributed by atoms with E-state index in [0.29, 0.717) is 18.4 Å². The third-order valence-corrected chi connectivity index (χ3v) is 2.76. The summed E-state index contributed by atoms with van der Waals surface area (Å²) >= 11 is 0. The van der Waals surface area contributed by atoms with Crippen LogP contribution in [0.2, 0.25) is 0 Å². The minimum Gasteiger partial charge on any atom is -0.370 e. The molecule has 0 amide bonds. The number of pyridine rings is 1. The van der Waals surface area contributed by atoms with Gasteiger partial charge in [0.1, 0.15) is 5.82 Å². The second kappa shape index (κ2) is 5.56. The lowest BCUT2D eigenvalue weighted by atomic mass is 10.3. The summed E-state index contributed by atoms with van der Waals surface area (Å²) in [7, 11) is 0. The van der Waals surface area contributed by atoms with E-state index < -0.39 is 11.7 Å². The van der Waals surface area contributed by atoms with Gasteiger partial charge >= 0.3 is 6.18 Å². The Kier molecular flexibility index (Phi) is 4.06. The van der Waals surface area contributed by atoms with Crippen molar-refractivity contribution in [1.29, 1.82) is 0 Å². The van der Waals surface area contributed by atoms with E-state index in [9.17, 15) is 13.2 Å². The molecule has 1 fully saturated rings. The van der Waals surface area contributed by atoms with Crippen LogP contribution in [0.1, 0.15) is 24.8 Å². The van der Waals surface area contributed by atoms with Crippen molar-refractivity contribution in [3.63, 3.8) is 0 Å². The molecule has 18 heavy (non-hydrogen) atoms. The number of anilines is 1. The van der Waals surface area contributed by atoms with Gasteiger partial charge in [-0.15, -0.1) is 0 Å². The SMILES string of the molecule is FC(F)(F)c1ccc(NCCCNC2CC2)nc1. The van der Waals surface area contributed by atoms with Crippen LogP contribution in [-0.2, 0) is 6.18 Å². The maximum absolute atomic E-state index is 12.3. The predicted octanol–water partition coefficient (Wildman–Crippen LogP) is 2.65. The van der Waals surface area contributed by atoms with E-state index in [-0.39, 0.29) is 0 Å². The van der Waals surface area contributed by atoms with Crippen LogP contribution in [0.5, 0.6) is 0 Å². The molecule has 1 saturated carbocycles. The molecule has 0 spiro atoms. The van der Waals surface area contributed by atoms with Crippen LogP contribution in [0.3, 0.4) is 0 Å². The molecule has 0 atom stereocenters. The molecule has 100 valence electrons. The highest BCUT2D eigenvalue weighted by molar-refractivity contribution is 5.35. The second-order valence-electron chi connectivity index (χ2n) is 4.44. The van der Waals surface area contributed by atoms with Gasteiger partial charge in [0.15, 0.2) is 0 Å². The number of halogens is 3. The highest BCUT2D eigenvalue weighted by Gasteiger charge is 2.30. The summed E-state index contributed by atoms with van der Waals surface area (Å²) in [6.45, 7) is 1.64. The number of hydrogen-bond acceptors (Lipinski definition) is 3. The van der Waals surface area contributed by atoms with Gasteiger partial charge in [-0.3, -0.25) is 0 Å². The zero-order valence-electron chi connectivity index (χ0n) is 9.93. The Morgan fingerprint density at radius 2 is 2.00 bits per heavy atom. The van der Waals surface area contributed by atoms with Crippen LogP contribution in [-0.4, -0.2) is 24.1 Å². The first-order valence-corrected chi connectivity index (χ1v) is 6.06. The molecule has 3 nitrogen and oxygen atoms in total. The van der Waals surface area contributed by atoms with Gasteiger partial charge < -0.3 is 10.6 Å². The molecule has 0 aliphatic heterocycles. The third-order valence-electron chi connectivity index (χ3n) is 2.76. The molecule has 1 aromatic rings. The van der Waals surface area contributed by atoms with Crippen LogP contribution in [0.4, 0.5) is 19.0 Å². The van der Waals surface area contributed by atoms with Crippen LogP contribution in [0.25, 0.3) is 0 Å². The first-order valence-electron chi connectivity index (χ1n) is 6.06. The predicted molar refractivity (Wildman–Crippen MR) is 63.4 cm³/mol. The van der Waals surface area contributed by atoms with Gasteiger partial charge in [-0.2, -0.15) is 13.2 Å². The molecule has 1 heterocycles. The van der Waals surface area contributed by atoms with Gasteiger partial charge in [-0.25, -0.2) is 4.98 Å². The van der Waals surface area contributed by atoms with Crippen molar-refractivity contribution in [3.8, 4) is 0 Å². The maximum Gasteiger partial charge on any atom is 0.417 e. The molecule has 2 N–H and O–H groups in total. The maximum atomic E-state index is 12.3. The van der Waals surface area contributed by atoms with Crippen LogP contribution in [0, 0.1) is 0 Å². The van der Waals surface area contributed by atoms with Crippen LogP contribution in [0.15, 0.2) is 18.3 Å². The van der Waals surface area contributed by atoms with Crippen molar-refractivity contribution < 1.29 is 13.2 Å². The molecule has 1 aliphatic carbocycles. The van der Waals surface area contributed by atoms with E-state index in [1.165, 1.54) is 18.9 Å². The van der Waals surface area contributed by atoms with E-state index >= 15 is 0 Å². The Hall–Kier alpha value is -1.30. The smallest absolute Gasteiger partial charge is 0.370 e. The first-order chi connectivity index (χ1) is 8.55. The Morgan fingerprint density at radius 1 is 1.22 bits per heavy atom. The summed E-state index contributed by atoms with van der Waals surface area (Å²) in [6, 6.07) is 3.09. The number of nitrogens with one attached hydrogen (secondary N) is 2. The van der Waals surface area contributed by atoms with Gasteiger partial charge in [-0.05, 0) is 37.9 Å². The molecular formula is C12H16F3N3. The van der Waals surface area contributed by atoms with Crippen molar-refractivity contribution in [3.05, 3.63) is 23.9 Å². The summed E-state index contributed by atoms with van der Waals surface area (Å²) in [6.07, 6.45) is -0.0223. The quantitative estimate of drug-likeness (QED) is 0.771. The van der Waals surface area contributed by atoms with E-state index in [2.05, 4.69) is 15.6 Å². The Labute approximate surface area is 104 Å². The highest BCUT2D eigenvalue weighted by Crippen LogP contribution is 2.28. The molecular weight excluding hydrogens is 243 g/mol. The minimum atomic E-state index is -4.32. The Bertz CT molecular complexity index is 371. The van der Waals surface area contributed by atoms with E-state index in [1.807, 2.05) is 0 Å². The van der Waals surface area contributed by atoms with E-state index in [0.717, 1.165) is 25.2 Å². The fourth-order valence-corrected chi connectivity index (χ4v) is 1.56. The van der Waals surface area contributed by atoms with Crippen LogP contribution < -0.4 is 10.6 Å². The normalized spacial score (nSPS) is 15.7. The monoisotopic (exact) mass is 259 g/mol. The van der Waals surface area contributed by atoms with Crippen molar-refractivity contribution in [1.82, 2.24) is 10.3 Å². The molecule has 6 heteroatoms. The standard InChI is InChI=1S/C12H16F3N3/c13-12(14,15)9-2-5-11(18-8-9)17-7-1-6-16-10-3-4-10/h2,5,8,10,16H,1,3-4,6-7H2,(H,17,18). The fraction of sp³-hybridized carbons (Fsp3) is 0.583. The van der Waals surface area contributed by atoms with E-state index in [4.69, 9.17) is 0 Å². The molecule has 0 radical (unpaired) electrons. The number of aromatic nitrogens is 1. The van der Waals surface area contributed by atoms with E-state index in [1.54, 1.807) is 0 Å². The van der Waals surface area contributed by atoms with Crippen molar-refractivity contribution >= 4 is 5.82 Å². The molecule has 0 unspecified atom stereocenters. The average Bonchev–Trinajstić information content (AvgIpc) is 3.12. The molecule has 1 aliphatic rings. The van der Waals surface area contributed by atoms with Crippen molar-refractivity contribution in [2.24, 2.45) is 0 Å². The van der Waals surface area contributed by atoms with Gasteiger partial charge in [0.25, 0.3) is 0 Å². The molecule has 0 bridgehead atoms. The lowest BCUT2D eigenvalue weighted by Gasteiger charge is -2.08. The largest absolute Gasteiger partial charge is 0.417 e. The zero-order valence-corrected chi connectivity index (χ0v) is 9.93. The minimum absolute atomic E-state index is 0.481. The zero-order chi connectivity index (χ0) is 13.0. The number of rotatable bonds is 6. The topological polar surface area (TPSA) is 37.0 Å². The van der Waals surface area contributed by atoms with Crippen molar-refractivity contribution in [2.45, 2.75) is 31.5 Å². The number of nitrogens with zero attached hydrogens (tertiary/aromatic N) is 1. The number of hydrogen-bond donors (Lipinski definition) is 2. The second-order valence-corrected chi connectivity index (χ2v) is 4.44. The summed E-state index contributed by atoms with van der Waals surface area (Å²) in [5.74, 6) is 0.481. The summed E-state index contributed by atoms with van der Waals surface area (Å²) in [5, 5.41) is 6.36.